The first-order chi connectivity index (χ1) is 7.67. The van der Waals surface area contributed by atoms with Gasteiger partial charge in [0.25, 0.3) is 0 Å². The van der Waals surface area contributed by atoms with E-state index in [2.05, 4.69) is 46.5 Å². The van der Waals surface area contributed by atoms with Gasteiger partial charge in [0.15, 0.2) is 0 Å². The van der Waals surface area contributed by atoms with Crippen molar-refractivity contribution in [1.82, 2.24) is 9.80 Å². The van der Waals surface area contributed by atoms with Crippen molar-refractivity contribution < 1.29 is 0 Å². The summed E-state index contributed by atoms with van der Waals surface area (Å²) in [4.78, 5) is 5.22. The molecule has 96 valence electrons. The van der Waals surface area contributed by atoms with E-state index in [9.17, 15) is 0 Å². The zero-order valence-electron chi connectivity index (χ0n) is 11.1. The van der Waals surface area contributed by atoms with Crippen LogP contribution in [0.25, 0.3) is 0 Å². The second-order valence-electron chi connectivity index (χ2n) is 5.15. The van der Waals surface area contributed by atoms with Gasteiger partial charge in [-0.2, -0.15) is 0 Å². The lowest BCUT2D eigenvalue weighted by Gasteiger charge is -2.39. The largest absolute Gasteiger partial charge is 0.301 e. The minimum absolute atomic E-state index is 0.741. The molecule has 0 aromatic heterocycles. The lowest BCUT2D eigenvalue weighted by Crippen LogP contribution is -2.51. The molecule has 0 saturated carbocycles. The molecule has 16 heavy (non-hydrogen) atoms. The van der Waals surface area contributed by atoms with E-state index in [-0.39, 0.29) is 0 Å². The predicted octanol–water partition coefficient (Wildman–Crippen LogP) is 2.82. The van der Waals surface area contributed by atoms with E-state index in [1.807, 2.05) is 0 Å². The van der Waals surface area contributed by atoms with Crippen LogP contribution in [0.4, 0.5) is 0 Å². The Morgan fingerprint density at radius 2 is 2.06 bits per heavy atom. The molecule has 3 heteroatoms. The van der Waals surface area contributed by atoms with Gasteiger partial charge in [-0.15, -0.1) is 0 Å². The van der Waals surface area contributed by atoms with Gasteiger partial charge in [-0.25, -0.2) is 0 Å². The summed E-state index contributed by atoms with van der Waals surface area (Å²) >= 11 is 3.52. The Labute approximate surface area is 109 Å². The first-order valence-electron chi connectivity index (χ1n) is 6.69. The minimum atomic E-state index is 0.741. The predicted molar refractivity (Wildman–Crippen MR) is 75.3 cm³/mol. The zero-order valence-corrected chi connectivity index (χ0v) is 12.7. The smallest absolute Gasteiger partial charge is 0.0195 e. The first kappa shape index (κ1) is 14.5. The third kappa shape index (κ3) is 4.72. The van der Waals surface area contributed by atoms with Crippen molar-refractivity contribution in [2.45, 2.75) is 39.7 Å². The first-order valence-corrected chi connectivity index (χ1v) is 7.81. The van der Waals surface area contributed by atoms with E-state index in [1.165, 1.54) is 45.6 Å². The Morgan fingerprint density at radius 1 is 1.31 bits per heavy atom. The Kier molecular flexibility index (Phi) is 6.94. The highest BCUT2D eigenvalue weighted by atomic mass is 79.9. The Morgan fingerprint density at radius 3 is 2.62 bits per heavy atom. The second-order valence-corrected chi connectivity index (χ2v) is 5.94. The van der Waals surface area contributed by atoms with Gasteiger partial charge in [-0.05, 0) is 38.8 Å². The monoisotopic (exact) mass is 290 g/mol. The van der Waals surface area contributed by atoms with E-state index in [0.29, 0.717) is 0 Å². The molecule has 2 nitrogen and oxygen atoms in total. The van der Waals surface area contributed by atoms with Crippen LogP contribution in [0.15, 0.2) is 0 Å². The molecule has 1 saturated heterocycles. The van der Waals surface area contributed by atoms with Crippen LogP contribution < -0.4 is 0 Å². The minimum Gasteiger partial charge on any atom is -0.301 e. The van der Waals surface area contributed by atoms with Crippen molar-refractivity contribution in [3.05, 3.63) is 0 Å². The maximum atomic E-state index is 3.52. The molecule has 1 aliphatic rings. The number of hydrogen-bond donors (Lipinski definition) is 0. The molecule has 1 aliphatic heterocycles. The molecule has 0 N–H and O–H groups in total. The van der Waals surface area contributed by atoms with Crippen LogP contribution >= 0.6 is 15.9 Å². The lowest BCUT2D eigenvalue weighted by molar-refractivity contribution is 0.0845. The fraction of sp³-hybridized carbons (Fsp3) is 1.00. The summed E-state index contributed by atoms with van der Waals surface area (Å²) in [7, 11) is 0. The molecule has 2 unspecified atom stereocenters. The van der Waals surface area contributed by atoms with Crippen LogP contribution in [0.2, 0.25) is 0 Å². The number of piperazine rings is 1. The summed E-state index contributed by atoms with van der Waals surface area (Å²) in [6.07, 6.45) is 2.66. The molecule has 0 aliphatic carbocycles. The van der Waals surface area contributed by atoms with Crippen molar-refractivity contribution in [1.29, 1.82) is 0 Å². The van der Waals surface area contributed by atoms with Crippen molar-refractivity contribution in [2.24, 2.45) is 5.92 Å². The maximum absolute atomic E-state index is 3.52. The topological polar surface area (TPSA) is 6.48 Å². The van der Waals surface area contributed by atoms with E-state index in [4.69, 9.17) is 0 Å². The highest BCUT2D eigenvalue weighted by molar-refractivity contribution is 9.09. The fourth-order valence-electron chi connectivity index (χ4n) is 2.48. The Balaban J connectivity index is 2.19. The van der Waals surface area contributed by atoms with Crippen molar-refractivity contribution in [3.8, 4) is 0 Å². The van der Waals surface area contributed by atoms with Crippen molar-refractivity contribution in [2.75, 3.05) is 38.1 Å². The Bertz CT molecular complexity index is 187. The standard InChI is InChI=1S/C13H27BrN2/c1-4-16-10-9-15(11-13(16)3)8-6-12(2)5-7-14/h12-13H,4-11H2,1-3H3. The zero-order chi connectivity index (χ0) is 12.0. The van der Waals surface area contributed by atoms with E-state index in [0.717, 1.165) is 17.3 Å². The molecule has 0 aromatic rings. The summed E-state index contributed by atoms with van der Waals surface area (Å²) in [5.74, 6) is 0.860. The molecule has 0 amide bonds. The van der Waals surface area contributed by atoms with Gasteiger partial charge in [-0.1, -0.05) is 29.8 Å². The van der Waals surface area contributed by atoms with Gasteiger partial charge in [0.05, 0.1) is 0 Å². The molecule has 1 rings (SSSR count). The summed E-state index contributed by atoms with van der Waals surface area (Å²) in [5.41, 5.74) is 0. The number of halogens is 1. The number of rotatable bonds is 6. The van der Waals surface area contributed by atoms with Crippen LogP contribution in [0, 0.1) is 5.92 Å². The van der Waals surface area contributed by atoms with E-state index in [1.54, 1.807) is 0 Å². The highest BCUT2D eigenvalue weighted by Gasteiger charge is 2.21. The third-order valence-corrected chi connectivity index (χ3v) is 4.25. The average molecular weight is 291 g/mol. The molecule has 1 heterocycles. The molecule has 0 aromatic carbocycles. The molecular weight excluding hydrogens is 264 g/mol. The summed E-state index contributed by atoms with van der Waals surface area (Å²) in [6, 6.07) is 0.741. The molecule has 0 bridgehead atoms. The van der Waals surface area contributed by atoms with Crippen LogP contribution in [-0.4, -0.2) is 53.9 Å². The number of likely N-dealkylation sites (N-methyl/N-ethyl adjacent to an activating group) is 1. The van der Waals surface area contributed by atoms with Crippen LogP contribution in [0.5, 0.6) is 0 Å². The molecule has 2 atom stereocenters. The summed E-state index contributed by atoms with van der Waals surface area (Å²) < 4.78 is 0. The Hall–Kier alpha value is 0.400. The lowest BCUT2D eigenvalue weighted by atomic mass is 10.0. The summed E-state index contributed by atoms with van der Waals surface area (Å²) in [6.45, 7) is 13.3. The van der Waals surface area contributed by atoms with Gasteiger partial charge in [0.2, 0.25) is 0 Å². The molecular formula is C13H27BrN2. The van der Waals surface area contributed by atoms with Crippen LogP contribution in [0.1, 0.15) is 33.6 Å². The van der Waals surface area contributed by atoms with Gasteiger partial charge in [0, 0.05) is 31.0 Å². The fourth-order valence-corrected chi connectivity index (χ4v) is 3.26. The molecule has 0 radical (unpaired) electrons. The normalized spacial score (nSPS) is 25.9. The van der Waals surface area contributed by atoms with Gasteiger partial charge in [-0.3, -0.25) is 4.90 Å². The van der Waals surface area contributed by atoms with E-state index >= 15 is 0 Å². The summed E-state index contributed by atoms with van der Waals surface area (Å²) in [5, 5.41) is 1.15. The third-order valence-electron chi connectivity index (χ3n) is 3.80. The SMILES string of the molecule is CCN1CCN(CCC(C)CCBr)CC1C. The quantitative estimate of drug-likeness (QED) is 0.694. The maximum Gasteiger partial charge on any atom is 0.0195 e. The van der Waals surface area contributed by atoms with Gasteiger partial charge >= 0.3 is 0 Å². The van der Waals surface area contributed by atoms with Gasteiger partial charge < -0.3 is 4.90 Å². The number of alkyl halides is 1. The van der Waals surface area contributed by atoms with Crippen LogP contribution in [0.3, 0.4) is 0 Å². The number of hydrogen-bond acceptors (Lipinski definition) is 2. The highest BCUT2D eigenvalue weighted by Crippen LogP contribution is 2.13. The molecule has 0 spiro atoms. The van der Waals surface area contributed by atoms with E-state index < -0.39 is 0 Å². The van der Waals surface area contributed by atoms with Gasteiger partial charge in [0.1, 0.15) is 0 Å². The van der Waals surface area contributed by atoms with Crippen molar-refractivity contribution in [3.63, 3.8) is 0 Å². The van der Waals surface area contributed by atoms with Crippen LogP contribution in [-0.2, 0) is 0 Å². The average Bonchev–Trinajstić information content (AvgIpc) is 2.27. The number of nitrogens with zero attached hydrogens (tertiary/aromatic N) is 2. The molecule has 1 fully saturated rings. The second kappa shape index (κ2) is 7.67. The van der Waals surface area contributed by atoms with Crippen molar-refractivity contribution >= 4 is 15.9 Å².